The number of hydrogen-bond donors (Lipinski definition) is 0. The Morgan fingerprint density at radius 1 is 1.50 bits per heavy atom. The highest BCUT2D eigenvalue weighted by atomic mass is 35.5. The van der Waals surface area contributed by atoms with E-state index in [0.29, 0.717) is 6.61 Å². The summed E-state index contributed by atoms with van der Waals surface area (Å²) in [7, 11) is 0. The van der Waals surface area contributed by atoms with Crippen molar-refractivity contribution in [1.82, 2.24) is 0 Å². The summed E-state index contributed by atoms with van der Waals surface area (Å²) in [6.45, 7) is 2.76. The molecule has 2 aliphatic heterocycles. The van der Waals surface area contributed by atoms with Crippen LogP contribution in [0.15, 0.2) is 18.2 Å². The molecule has 1 fully saturated rings. The van der Waals surface area contributed by atoms with Gasteiger partial charge in [0.25, 0.3) is 0 Å². The van der Waals surface area contributed by atoms with Crippen molar-refractivity contribution in [2.45, 2.75) is 25.0 Å². The Morgan fingerprint density at radius 2 is 2.36 bits per heavy atom. The lowest BCUT2D eigenvalue weighted by Crippen LogP contribution is -2.34. The molecule has 14 heavy (non-hydrogen) atoms. The Morgan fingerprint density at radius 3 is 3.21 bits per heavy atom. The maximum atomic E-state index is 5.94. The van der Waals surface area contributed by atoms with Gasteiger partial charge in [-0.15, -0.1) is 0 Å². The predicted octanol–water partition coefficient (Wildman–Crippen LogP) is 2.95. The van der Waals surface area contributed by atoms with Crippen LogP contribution in [0.5, 0.6) is 5.75 Å². The molecule has 0 aromatic heterocycles. The molecule has 0 spiro atoms. The lowest BCUT2D eigenvalue weighted by Gasteiger charge is -2.30. The molecule has 0 N–H and O–H groups in total. The summed E-state index contributed by atoms with van der Waals surface area (Å²) in [5.41, 5.74) is 0.957. The first kappa shape index (κ1) is 8.57. The van der Waals surface area contributed by atoms with Crippen LogP contribution >= 0.6 is 11.6 Å². The van der Waals surface area contributed by atoms with Crippen molar-refractivity contribution in [3.05, 3.63) is 28.8 Å². The fourth-order valence-electron chi connectivity index (χ4n) is 2.19. The zero-order valence-corrected chi connectivity index (χ0v) is 8.67. The highest BCUT2D eigenvalue weighted by Gasteiger charge is 2.44. The summed E-state index contributed by atoms with van der Waals surface area (Å²) in [6, 6.07) is 5.72. The van der Waals surface area contributed by atoms with Gasteiger partial charge in [0.05, 0.1) is 12.7 Å². The van der Waals surface area contributed by atoms with Gasteiger partial charge in [-0.2, -0.15) is 0 Å². The number of fused-ring (bicyclic) bond motifs is 4. The Balaban J connectivity index is 2.12. The van der Waals surface area contributed by atoms with E-state index in [2.05, 4.69) is 6.92 Å². The Bertz CT molecular complexity index is 391. The quantitative estimate of drug-likeness (QED) is 0.656. The first-order chi connectivity index (χ1) is 6.66. The smallest absolute Gasteiger partial charge is 0.132 e. The second-order valence-electron chi connectivity index (χ2n) is 4.24. The topological polar surface area (TPSA) is 18.5 Å². The second kappa shape index (κ2) is 2.65. The molecule has 0 amide bonds. The molecule has 2 bridgehead atoms. The van der Waals surface area contributed by atoms with Crippen molar-refractivity contribution in [2.75, 3.05) is 6.61 Å². The van der Waals surface area contributed by atoms with E-state index in [0.717, 1.165) is 22.8 Å². The maximum Gasteiger partial charge on any atom is 0.132 e. The zero-order chi connectivity index (χ0) is 9.76. The monoisotopic (exact) mass is 210 g/mol. The summed E-state index contributed by atoms with van der Waals surface area (Å²) in [6.07, 6.45) is 1.10. The van der Waals surface area contributed by atoms with Crippen LogP contribution in [-0.2, 0) is 4.74 Å². The number of benzene rings is 1. The van der Waals surface area contributed by atoms with Gasteiger partial charge >= 0.3 is 0 Å². The Kier molecular flexibility index (Phi) is 1.62. The van der Waals surface area contributed by atoms with Gasteiger partial charge in [0, 0.05) is 17.0 Å². The summed E-state index contributed by atoms with van der Waals surface area (Å²) in [5, 5.41) is 0.742. The second-order valence-corrected chi connectivity index (χ2v) is 4.67. The number of rotatable bonds is 0. The Hall–Kier alpha value is -0.730. The lowest BCUT2D eigenvalue weighted by atomic mass is 9.94. The van der Waals surface area contributed by atoms with E-state index in [1.165, 1.54) is 0 Å². The lowest BCUT2D eigenvalue weighted by molar-refractivity contribution is 0.0695. The first-order valence-electron chi connectivity index (χ1n) is 4.76. The number of hydrogen-bond acceptors (Lipinski definition) is 2. The molecule has 3 rings (SSSR count). The van der Waals surface area contributed by atoms with Crippen LogP contribution in [0.2, 0.25) is 5.02 Å². The molecule has 2 nitrogen and oxygen atoms in total. The van der Waals surface area contributed by atoms with Gasteiger partial charge in [0.15, 0.2) is 0 Å². The molecule has 1 aromatic carbocycles. The van der Waals surface area contributed by atoms with Gasteiger partial charge < -0.3 is 9.47 Å². The molecule has 1 saturated heterocycles. The first-order valence-corrected chi connectivity index (χ1v) is 5.14. The average Bonchev–Trinajstić information content (AvgIpc) is 2.46. The van der Waals surface area contributed by atoms with Gasteiger partial charge in [-0.3, -0.25) is 0 Å². The van der Waals surface area contributed by atoms with Crippen LogP contribution in [0.1, 0.15) is 25.0 Å². The molecule has 0 saturated carbocycles. The van der Waals surface area contributed by atoms with Gasteiger partial charge in [-0.1, -0.05) is 11.6 Å². The van der Waals surface area contributed by atoms with E-state index in [1.54, 1.807) is 0 Å². The molecular weight excluding hydrogens is 200 g/mol. The van der Waals surface area contributed by atoms with Crippen LogP contribution < -0.4 is 4.74 Å². The van der Waals surface area contributed by atoms with Crippen LogP contribution in [0.3, 0.4) is 0 Å². The minimum atomic E-state index is -0.133. The molecule has 74 valence electrons. The summed E-state index contributed by atoms with van der Waals surface area (Å²) < 4.78 is 11.6. The van der Waals surface area contributed by atoms with Crippen molar-refractivity contribution in [3.63, 3.8) is 0 Å². The molecule has 0 radical (unpaired) electrons. The van der Waals surface area contributed by atoms with E-state index in [1.807, 2.05) is 18.2 Å². The fourth-order valence-corrected chi connectivity index (χ4v) is 2.37. The van der Waals surface area contributed by atoms with Crippen LogP contribution in [0.4, 0.5) is 0 Å². The van der Waals surface area contributed by atoms with E-state index in [4.69, 9.17) is 21.1 Å². The van der Waals surface area contributed by atoms with Gasteiger partial charge in [-0.05, 0) is 25.1 Å². The molecule has 2 unspecified atom stereocenters. The standard InChI is InChI=1S/C11H11ClO2/c1-11-5-10(13-6-11)8-4-7(12)2-3-9(8)14-11/h2-4,10H,5-6H2,1H3. The van der Waals surface area contributed by atoms with Crippen molar-refractivity contribution in [2.24, 2.45) is 0 Å². The third kappa shape index (κ3) is 1.14. The van der Waals surface area contributed by atoms with Crippen molar-refractivity contribution >= 4 is 11.6 Å². The van der Waals surface area contributed by atoms with Gasteiger partial charge in [-0.25, -0.2) is 0 Å². The van der Waals surface area contributed by atoms with Crippen LogP contribution in [0, 0.1) is 0 Å². The Labute approximate surface area is 87.8 Å². The number of halogens is 1. The molecule has 2 atom stereocenters. The average molecular weight is 211 g/mol. The third-order valence-electron chi connectivity index (χ3n) is 2.88. The van der Waals surface area contributed by atoms with Gasteiger partial charge in [0.1, 0.15) is 11.4 Å². The summed E-state index contributed by atoms with van der Waals surface area (Å²) in [5.74, 6) is 0.922. The minimum absolute atomic E-state index is 0.133. The maximum absolute atomic E-state index is 5.94. The van der Waals surface area contributed by atoms with Gasteiger partial charge in [0.2, 0.25) is 0 Å². The largest absolute Gasteiger partial charge is 0.485 e. The summed E-state index contributed by atoms with van der Waals surface area (Å²) in [4.78, 5) is 0. The highest BCUT2D eigenvalue weighted by Crippen LogP contribution is 2.47. The molecular formula is C11H11ClO2. The fraction of sp³-hybridized carbons (Fsp3) is 0.455. The zero-order valence-electron chi connectivity index (χ0n) is 7.92. The van der Waals surface area contributed by atoms with E-state index in [9.17, 15) is 0 Å². The predicted molar refractivity (Wildman–Crippen MR) is 53.8 cm³/mol. The van der Waals surface area contributed by atoms with E-state index >= 15 is 0 Å². The third-order valence-corrected chi connectivity index (χ3v) is 3.12. The van der Waals surface area contributed by atoms with Crippen molar-refractivity contribution < 1.29 is 9.47 Å². The van der Waals surface area contributed by atoms with Crippen LogP contribution in [0.25, 0.3) is 0 Å². The van der Waals surface area contributed by atoms with Crippen molar-refractivity contribution in [1.29, 1.82) is 0 Å². The van der Waals surface area contributed by atoms with E-state index in [-0.39, 0.29) is 11.7 Å². The molecule has 0 aliphatic carbocycles. The highest BCUT2D eigenvalue weighted by molar-refractivity contribution is 6.30. The molecule has 1 aromatic rings. The SMILES string of the molecule is CC12COC(C1)c1cc(Cl)ccc1O2. The van der Waals surface area contributed by atoms with E-state index < -0.39 is 0 Å². The van der Waals surface area contributed by atoms with Crippen molar-refractivity contribution in [3.8, 4) is 5.75 Å². The summed E-state index contributed by atoms with van der Waals surface area (Å²) >= 11 is 5.94. The molecule has 2 heterocycles. The molecule has 3 heteroatoms. The number of ether oxygens (including phenoxy) is 2. The van der Waals surface area contributed by atoms with Crippen LogP contribution in [-0.4, -0.2) is 12.2 Å². The molecule has 2 aliphatic rings. The minimum Gasteiger partial charge on any atom is -0.485 e. The normalized spacial score (nSPS) is 33.7.